The Hall–Kier alpha value is -3.87. The molecule has 1 heterocycles. The predicted molar refractivity (Wildman–Crippen MR) is 185 cm³/mol. The largest absolute Gasteiger partial charge is 0.490 e. The molecule has 2 aromatic carbocycles. The van der Waals surface area contributed by atoms with E-state index in [1.807, 2.05) is 45.0 Å². The topological polar surface area (TPSA) is 180 Å². The number of aryl methyl sites for hydroxylation is 1. The molecule has 2 aromatic rings. The van der Waals surface area contributed by atoms with Crippen molar-refractivity contribution in [3.8, 4) is 0 Å². The van der Waals surface area contributed by atoms with E-state index in [9.17, 15) is 45.1 Å². The predicted octanol–water partition coefficient (Wildman–Crippen LogP) is 4.35. The molecule has 18 heteroatoms. The lowest BCUT2D eigenvalue weighted by molar-refractivity contribution is -0.192. The Morgan fingerprint density at radius 1 is 1.00 bits per heavy atom. The van der Waals surface area contributed by atoms with Gasteiger partial charge in [0.2, 0.25) is 5.91 Å². The van der Waals surface area contributed by atoms with Crippen LogP contribution in [-0.4, -0.2) is 97.8 Å². The molecule has 12 nitrogen and oxygen atoms in total. The number of rotatable bonds is 18. The van der Waals surface area contributed by atoms with Crippen LogP contribution in [0, 0.1) is 18.6 Å². The van der Waals surface area contributed by atoms with Crippen molar-refractivity contribution in [2.24, 2.45) is 0 Å². The number of alkyl carbamates (subject to hydrolysis) is 1. The molecule has 5 N–H and O–H groups in total. The minimum absolute atomic E-state index is 0.00806. The van der Waals surface area contributed by atoms with Gasteiger partial charge in [-0.2, -0.15) is 13.2 Å². The number of carbonyl (C=O) groups excluding carboxylic acids is 2. The van der Waals surface area contributed by atoms with Gasteiger partial charge >= 0.3 is 18.2 Å². The number of carboxylic acid groups (broad SMARTS) is 1. The fraction of sp³-hybridized carbons (Fsp3) is 0.571. The first kappa shape index (κ1) is 45.3. The minimum Gasteiger partial charge on any atom is -0.475 e. The van der Waals surface area contributed by atoms with Crippen molar-refractivity contribution in [3.63, 3.8) is 0 Å². The Morgan fingerprint density at radius 2 is 1.62 bits per heavy atom. The molecule has 298 valence electrons. The maximum atomic E-state index is 14.1. The summed E-state index contributed by atoms with van der Waals surface area (Å²) in [6.45, 7) is 6.69. The van der Waals surface area contributed by atoms with E-state index >= 15 is 0 Å². The van der Waals surface area contributed by atoms with Crippen molar-refractivity contribution in [3.05, 3.63) is 70.8 Å². The highest BCUT2D eigenvalue weighted by atomic mass is 32.2. The summed E-state index contributed by atoms with van der Waals surface area (Å²) in [7, 11) is -3.87. The number of alkyl halides is 3. The lowest BCUT2D eigenvalue weighted by Crippen LogP contribution is -2.57. The first-order valence-electron chi connectivity index (χ1n) is 17.1. The van der Waals surface area contributed by atoms with Gasteiger partial charge < -0.3 is 35.6 Å². The highest BCUT2D eigenvalue weighted by Gasteiger charge is 2.38. The molecule has 4 atom stereocenters. The summed E-state index contributed by atoms with van der Waals surface area (Å²) < 4.78 is 97.4. The van der Waals surface area contributed by atoms with E-state index < -0.39 is 80.9 Å². The zero-order valence-electron chi connectivity index (χ0n) is 29.8. The second kappa shape index (κ2) is 21.7. The monoisotopic (exact) mass is 781 g/mol. The molecule has 1 aliphatic rings. The molecule has 1 fully saturated rings. The maximum Gasteiger partial charge on any atom is 0.490 e. The van der Waals surface area contributed by atoms with Crippen LogP contribution >= 0.6 is 0 Å². The number of nitrogens with one attached hydrogen (secondary N) is 3. The van der Waals surface area contributed by atoms with Gasteiger partial charge in [-0.15, -0.1) is 0 Å². The van der Waals surface area contributed by atoms with E-state index in [-0.39, 0.29) is 25.1 Å². The molecule has 0 radical (unpaired) electrons. The van der Waals surface area contributed by atoms with Gasteiger partial charge in [-0.3, -0.25) is 4.79 Å². The lowest BCUT2D eigenvalue weighted by atomic mass is 10.00. The number of carboxylic acids is 1. The number of amides is 2. The number of aliphatic carboxylic acids is 1. The highest BCUT2D eigenvalue weighted by Crippen LogP contribution is 2.18. The molecule has 0 aliphatic carbocycles. The van der Waals surface area contributed by atoms with Crippen molar-refractivity contribution >= 4 is 27.8 Å². The third-order valence-corrected chi connectivity index (χ3v) is 10.4. The number of carbonyl (C=O) groups is 3. The third-order valence-electron chi connectivity index (χ3n) is 8.08. The second-order valence-corrected chi connectivity index (χ2v) is 15.0. The van der Waals surface area contributed by atoms with E-state index in [0.717, 1.165) is 23.3 Å². The molecule has 1 saturated heterocycles. The van der Waals surface area contributed by atoms with Gasteiger partial charge in [0, 0.05) is 25.6 Å². The molecule has 2 amide bonds. The molecule has 3 rings (SSSR count). The van der Waals surface area contributed by atoms with Gasteiger partial charge in [0.05, 0.1) is 36.4 Å². The highest BCUT2D eigenvalue weighted by molar-refractivity contribution is 7.92. The Balaban J connectivity index is 0.00000126. The van der Waals surface area contributed by atoms with Crippen LogP contribution in [0.2, 0.25) is 0 Å². The average Bonchev–Trinajstić information content (AvgIpc) is 3.56. The van der Waals surface area contributed by atoms with E-state index in [2.05, 4.69) is 16.0 Å². The molecule has 0 spiro atoms. The van der Waals surface area contributed by atoms with Crippen molar-refractivity contribution in [2.45, 2.75) is 102 Å². The standard InChI is InChI=1S/C33H47F2N3O7S.C2HF3O2/c1-4-7-28(8-5-2)46(42,43)21-30(38-33(41)45-27-11-12-44-20-27)32(40)37-29(16-24-14-25(34)17-26(35)15-24)31(39)19-36-18-23-10-6-9-22(3)13-23;3-2(4,5)1(6)7/h6,9-10,13-15,17,27-31,36,39H,4-5,7-8,11-12,16,18-21H2,1-3H3,(H,37,40)(H,38,41);(H,6,7)/t27-,29-,30-,31+;/m0./s1. The molecule has 1 aliphatic heterocycles. The molecule has 0 saturated carbocycles. The van der Waals surface area contributed by atoms with Gasteiger partial charge in [-0.05, 0) is 49.4 Å². The number of aliphatic hydroxyl groups is 1. The van der Waals surface area contributed by atoms with Crippen molar-refractivity contribution in [2.75, 3.05) is 25.5 Å². The molecule has 0 bridgehead atoms. The van der Waals surface area contributed by atoms with Crippen LogP contribution < -0.4 is 16.0 Å². The molecule has 0 unspecified atom stereocenters. The fourth-order valence-electron chi connectivity index (χ4n) is 5.51. The molecule has 0 aromatic heterocycles. The quantitative estimate of drug-likeness (QED) is 0.137. The number of sulfone groups is 1. The van der Waals surface area contributed by atoms with Crippen LogP contribution in [0.5, 0.6) is 0 Å². The zero-order chi connectivity index (χ0) is 39.8. The lowest BCUT2D eigenvalue weighted by Gasteiger charge is -2.28. The van der Waals surface area contributed by atoms with Gasteiger partial charge in [-0.1, -0.05) is 56.5 Å². The van der Waals surface area contributed by atoms with Crippen LogP contribution in [0.4, 0.5) is 26.7 Å². The average molecular weight is 782 g/mol. The number of halogens is 5. The summed E-state index contributed by atoms with van der Waals surface area (Å²) in [5.41, 5.74) is 2.20. The number of hydrogen-bond donors (Lipinski definition) is 5. The first-order valence-corrected chi connectivity index (χ1v) is 18.8. The summed E-state index contributed by atoms with van der Waals surface area (Å²) in [4.78, 5) is 35.4. The number of ether oxygens (including phenoxy) is 2. The van der Waals surface area contributed by atoms with Crippen molar-refractivity contribution < 1.29 is 64.4 Å². The van der Waals surface area contributed by atoms with E-state index in [1.165, 1.54) is 0 Å². The number of aliphatic hydroxyl groups excluding tert-OH is 1. The Morgan fingerprint density at radius 3 is 2.15 bits per heavy atom. The zero-order valence-corrected chi connectivity index (χ0v) is 30.6. The summed E-state index contributed by atoms with van der Waals surface area (Å²) >= 11 is 0. The van der Waals surface area contributed by atoms with Crippen LogP contribution in [0.15, 0.2) is 42.5 Å². The van der Waals surface area contributed by atoms with Gasteiger partial charge in [0.15, 0.2) is 9.84 Å². The van der Waals surface area contributed by atoms with Crippen LogP contribution in [0.1, 0.15) is 62.6 Å². The Labute approximate surface area is 305 Å². The second-order valence-electron chi connectivity index (χ2n) is 12.7. The third kappa shape index (κ3) is 16.8. The van der Waals surface area contributed by atoms with Crippen molar-refractivity contribution in [1.82, 2.24) is 16.0 Å². The van der Waals surface area contributed by atoms with Gasteiger partial charge in [0.1, 0.15) is 23.8 Å². The summed E-state index contributed by atoms with van der Waals surface area (Å²) in [5, 5.41) is 25.8. The van der Waals surface area contributed by atoms with Crippen LogP contribution in [0.3, 0.4) is 0 Å². The minimum atomic E-state index is -5.08. The van der Waals surface area contributed by atoms with Crippen LogP contribution in [-0.2, 0) is 41.9 Å². The first-order chi connectivity index (χ1) is 24.8. The molecular formula is C35H48F5N3O9S. The fourth-order valence-corrected chi connectivity index (χ4v) is 7.67. The summed E-state index contributed by atoms with van der Waals surface area (Å²) in [6.07, 6.45) is -5.54. The van der Waals surface area contributed by atoms with Gasteiger partial charge in [-0.25, -0.2) is 26.8 Å². The Bertz CT molecular complexity index is 1560. The summed E-state index contributed by atoms with van der Waals surface area (Å²) in [6, 6.07) is 7.99. The van der Waals surface area contributed by atoms with Crippen LogP contribution in [0.25, 0.3) is 0 Å². The smallest absolute Gasteiger partial charge is 0.475 e. The van der Waals surface area contributed by atoms with E-state index in [1.54, 1.807) is 0 Å². The number of benzene rings is 2. The number of hydrogen-bond acceptors (Lipinski definition) is 9. The van der Waals surface area contributed by atoms with Crippen molar-refractivity contribution in [1.29, 1.82) is 0 Å². The summed E-state index contributed by atoms with van der Waals surface area (Å²) in [5.74, 6) is -5.98. The van der Waals surface area contributed by atoms with E-state index in [4.69, 9.17) is 19.4 Å². The Kier molecular flexibility index (Phi) is 18.6. The SMILES string of the molecule is CCCC(CCC)S(=O)(=O)C[C@H](NC(=O)O[C@H]1CCOC1)C(=O)N[C@@H](Cc1cc(F)cc(F)c1)[C@H](O)CNCc1cccc(C)c1.O=C(O)C(F)(F)F. The molecule has 53 heavy (non-hydrogen) atoms. The molecular weight excluding hydrogens is 733 g/mol. The normalized spacial score (nSPS) is 16.2. The van der Waals surface area contributed by atoms with Gasteiger partial charge in [0.25, 0.3) is 0 Å². The van der Waals surface area contributed by atoms with E-state index in [0.29, 0.717) is 51.3 Å². The maximum absolute atomic E-state index is 14.1.